The molecule has 2 aromatic heterocycles. The number of para-hydroxylation sites is 1. The first-order chi connectivity index (χ1) is 12.7. The van der Waals surface area contributed by atoms with E-state index in [1.807, 2.05) is 25.3 Å². The first-order valence-electron chi connectivity index (χ1n) is 8.53. The van der Waals surface area contributed by atoms with Crippen LogP contribution >= 0.6 is 7.82 Å². The SMILES string of the molecule is Cc1nccn1CC1CCc2c(c3ccccc3n2C)C1=O.O=P(O)(O)O. The fraction of sp³-hybridized carbons (Fsp3) is 0.333. The lowest BCUT2D eigenvalue weighted by atomic mass is 9.85. The Bertz CT molecular complexity index is 1020. The fourth-order valence-electron chi connectivity index (χ4n) is 3.67. The van der Waals surface area contributed by atoms with E-state index in [9.17, 15) is 4.79 Å². The zero-order chi connectivity index (χ0) is 19.8. The second-order valence-electron chi connectivity index (χ2n) is 6.64. The normalized spacial score (nSPS) is 16.8. The Balaban J connectivity index is 0.000000376. The van der Waals surface area contributed by atoms with Crippen LogP contribution in [0.3, 0.4) is 0 Å². The number of nitrogens with zero attached hydrogens (tertiary/aromatic N) is 3. The van der Waals surface area contributed by atoms with E-state index in [1.165, 1.54) is 5.69 Å². The molecular weight excluding hydrogens is 369 g/mol. The smallest absolute Gasteiger partial charge is 0.347 e. The molecule has 3 N–H and O–H groups in total. The van der Waals surface area contributed by atoms with Crippen LogP contribution in [0.1, 0.15) is 28.3 Å². The number of hydrogen-bond donors (Lipinski definition) is 3. The Morgan fingerprint density at radius 1 is 1.26 bits per heavy atom. The monoisotopic (exact) mass is 391 g/mol. The zero-order valence-electron chi connectivity index (χ0n) is 15.1. The molecule has 3 aromatic rings. The van der Waals surface area contributed by atoms with Crippen LogP contribution in [0.15, 0.2) is 36.7 Å². The summed E-state index contributed by atoms with van der Waals surface area (Å²) in [4.78, 5) is 38.9. The standard InChI is InChI=1S/C18H19N3O.H3O4P/c1-12-19-9-10-21(12)11-13-7-8-16-17(18(13)22)14-5-3-4-6-15(14)20(16)2;1-5(2,3)4/h3-6,9-10,13H,7-8,11H2,1-2H3;(H3,1,2,3,4). The van der Waals surface area contributed by atoms with Crippen molar-refractivity contribution in [3.63, 3.8) is 0 Å². The fourth-order valence-corrected chi connectivity index (χ4v) is 3.67. The van der Waals surface area contributed by atoms with Gasteiger partial charge in [-0.3, -0.25) is 4.79 Å². The van der Waals surface area contributed by atoms with Crippen molar-refractivity contribution >= 4 is 24.5 Å². The Labute approximate surface area is 156 Å². The molecule has 0 fully saturated rings. The van der Waals surface area contributed by atoms with Crippen molar-refractivity contribution in [2.75, 3.05) is 0 Å². The maximum Gasteiger partial charge on any atom is 0.466 e. The molecule has 8 nitrogen and oxygen atoms in total. The van der Waals surface area contributed by atoms with Crippen molar-refractivity contribution in [3.8, 4) is 0 Å². The average Bonchev–Trinajstić information content (AvgIpc) is 3.11. The molecule has 144 valence electrons. The van der Waals surface area contributed by atoms with Gasteiger partial charge in [-0.2, -0.15) is 0 Å². The summed E-state index contributed by atoms with van der Waals surface area (Å²) in [6.45, 7) is 2.71. The van der Waals surface area contributed by atoms with Crippen LogP contribution in [0.4, 0.5) is 0 Å². The molecule has 1 aromatic carbocycles. The molecule has 1 unspecified atom stereocenters. The van der Waals surface area contributed by atoms with Gasteiger partial charge in [0.1, 0.15) is 5.82 Å². The highest BCUT2D eigenvalue weighted by molar-refractivity contribution is 7.45. The van der Waals surface area contributed by atoms with Gasteiger partial charge in [0.25, 0.3) is 0 Å². The lowest BCUT2D eigenvalue weighted by Crippen LogP contribution is -2.27. The third kappa shape index (κ3) is 4.20. The van der Waals surface area contributed by atoms with Gasteiger partial charge in [0.15, 0.2) is 5.78 Å². The van der Waals surface area contributed by atoms with Crippen LogP contribution in [0, 0.1) is 12.8 Å². The summed E-state index contributed by atoms with van der Waals surface area (Å²) in [7, 11) is -2.57. The molecule has 0 radical (unpaired) electrons. The van der Waals surface area contributed by atoms with Crippen molar-refractivity contribution in [3.05, 3.63) is 53.7 Å². The topological polar surface area (TPSA) is 118 Å². The Hall–Kier alpha value is -2.25. The van der Waals surface area contributed by atoms with E-state index in [4.69, 9.17) is 19.2 Å². The number of ketones is 1. The van der Waals surface area contributed by atoms with Gasteiger partial charge in [0.2, 0.25) is 0 Å². The molecule has 1 aliphatic carbocycles. The number of Topliss-reactive ketones (excluding diaryl/α,β-unsaturated/α-hetero) is 1. The van der Waals surface area contributed by atoms with Gasteiger partial charge in [0, 0.05) is 54.1 Å². The lowest BCUT2D eigenvalue weighted by molar-refractivity contribution is 0.0888. The summed E-state index contributed by atoms with van der Waals surface area (Å²) in [5, 5.41) is 1.09. The molecule has 0 saturated heterocycles. The molecule has 1 atom stereocenters. The largest absolute Gasteiger partial charge is 0.466 e. The number of hydrogen-bond acceptors (Lipinski definition) is 3. The summed E-state index contributed by atoms with van der Waals surface area (Å²) >= 11 is 0. The number of carbonyl (C=O) groups excluding carboxylic acids is 1. The highest BCUT2D eigenvalue weighted by Gasteiger charge is 2.32. The van der Waals surface area contributed by atoms with Crippen LogP contribution in [0.25, 0.3) is 10.9 Å². The van der Waals surface area contributed by atoms with Gasteiger partial charge in [-0.1, -0.05) is 18.2 Å². The predicted octanol–water partition coefficient (Wildman–Crippen LogP) is 2.20. The highest BCUT2D eigenvalue weighted by atomic mass is 31.2. The number of carbonyl (C=O) groups is 1. The Kier molecular flexibility index (Phi) is 5.35. The van der Waals surface area contributed by atoms with E-state index in [-0.39, 0.29) is 11.7 Å². The number of imidazole rings is 1. The third-order valence-electron chi connectivity index (χ3n) is 4.92. The zero-order valence-corrected chi connectivity index (χ0v) is 16.0. The van der Waals surface area contributed by atoms with Crippen LogP contribution in [0.2, 0.25) is 0 Å². The lowest BCUT2D eigenvalue weighted by Gasteiger charge is -2.23. The second kappa shape index (κ2) is 7.40. The van der Waals surface area contributed by atoms with Crippen molar-refractivity contribution in [2.24, 2.45) is 13.0 Å². The minimum atomic E-state index is -4.64. The van der Waals surface area contributed by atoms with Crippen LogP contribution in [-0.4, -0.2) is 34.6 Å². The minimum Gasteiger partial charge on any atom is -0.347 e. The van der Waals surface area contributed by atoms with Gasteiger partial charge < -0.3 is 23.8 Å². The maximum atomic E-state index is 13.0. The molecule has 0 amide bonds. The van der Waals surface area contributed by atoms with E-state index in [2.05, 4.69) is 33.3 Å². The number of rotatable bonds is 2. The molecule has 9 heteroatoms. The number of phosphoric acid groups is 1. The van der Waals surface area contributed by atoms with Crippen LogP contribution in [0.5, 0.6) is 0 Å². The summed E-state index contributed by atoms with van der Waals surface area (Å²) in [6.07, 6.45) is 5.63. The van der Waals surface area contributed by atoms with Crippen molar-refractivity contribution < 1.29 is 24.0 Å². The van der Waals surface area contributed by atoms with Crippen LogP contribution < -0.4 is 0 Å². The van der Waals surface area contributed by atoms with Gasteiger partial charge in [-0.05, 0) is 25.8 Å². The molecule has 1 aliphatic rings. The number of fused-ring (bicyclic) bond motifs is 3. The molecular formula is C18H22N3O5P. The van der Waals surface area contributed by atoms with Crippen molar-refractivity contribution in [1.82, 2.24) is 14.1 Å². The van der Waals surface area contributed by atoms with E-state index in [0.29, 0.717) is 0 Å². The average molecular weight is 391 g/mol. The van der Waals surface area contributed by atoms with E-state index in [0.717, 1.165) is 41.7 Å². The third-order valence-corrected chi connectivity index (χ3v) is 4.92. The summed E-state index contributed by atoms with van der Waals surface area (Å²) < 4.78 is 13.1. The van der Waals surface area contributed by atoms with E-state index in [1.54, 1.807) is 6.20 Å². The van der Waals surface area contributed by atoms with E-state index < -0.39 is 7.82 Å². The number of aromatic nitrogens is 3. The molecule has 0 aliphatic heterocycles. The predicted molar refractivity (Wildman–Crippen MR) is 100 cm³/mol. The van der Waals surface area contributed by atoms with Crippen molar-refractivity contribution in [1.29, 1.82) is 0 Å². The van der Waals surface area contributed by atoms with Gasteiger partial charge in [-0.25, -0.2) is 9.55 Å². The van der Waals surface area contributed by atoms with Gasteiger partial charge >= 0.3 is 7.82 Å². The maximum absolute atomic E-state index is 13.0. The summed E-state index contributed by atoms with van der Waals surface area (Å²) in [5.41, 5.74) is 3.28. The highest BCUT2D eigenvalue weighted by Crippen LogP contribution is 2.34. The number of benzene rings is 1. The first kappa shape index (κ1) is 19.5. The molecule has 0 saturated carbocycles. The quantitative estimate of drug-likeness (QED) is 0.577. The molecule has 27 heavy (non-hydrogen) atoms. The van der Waals surface area contributed by atoms with Gasteiger partial charge in [0.05, 0.1) is 0 Å². The first-order valence-corrected chi connectivity index (χ1v) is 10.1. The second-order valence-corrected chi connectivity index (χ2v) is 7.66. The number of aryl methyl sites for hydroxylation is 2. The Morgan fingerprint density at radius 3 is 2.56 bits per heavy atom. The van der Waals surface area contributed by atoms with Crippen molar-refractivity contribution in [2.45, 2.75) is 26.3 Å². The Morgan fingerprint density at radius 2 is 1.93 bits per heavy atom. The molecule has 4 rings (SSSR count). The summed E-state index contributed by atoms with van der Waals surface area (Å²) in [6, 6.07) is 8.21. The minimum absolute atomic E-state index is 0.0474. The molecule has 0 bridgehead atoms. The summed E-state index contributed by atoms with van der Waals surface area (Å²) in [5.74, 6) is 1.30. The van der Waals surface area contributed by atoms with Gasteiger partial charge in [-0.15, -0.1) is 0 Å². The van der Waals surface area contributed by atoms with E-state index >= 15 is 0 Å². The molecule has 0 spiro atoms. The van der Waals surface area contributed by atoms with Crippen LogP contribution in [-0.2, 0) is 24.6 Å². The molecule has 2 heterocycles.